The van der Waals surface area contributed by atoms with Gasteiger partial charge in [0.15, 0.2) is 5.03 Å². The third-order valence-corrected chi connectivity index (χ3v) is 5.97. The lowest BCUT2D eigenvalue weighted by atomic mass is 10.0. The van der Waals surface area contributed by atoms with Gasteiger partial charge < -0.3 is 19.7 Å². The Balaban J connectivity index is 0.00000261. The minimum atomic E-state index is -3.82. The van der Waals surface area contributed by atoms with Crippen molar-refractivity contribution in [2.24, 2.45) is 7.05 Å². The Bertz CT molecular complexity index is 783. The maximum absolute atomic E-state index is 12.4. The minimum Gasteiger partial charge on any atom is -0.339 e. The lowest BCUT2D eigenvalue weighted by Gasteiger charge is -2.41. The van der Waals surface area contributed by atoms with Crippen molar-refractivity contribution in [2.45, 2.75) is 23.9 Å². The zero-order valence-corrected chi connectivity index (χ0v) is 16.8. The summed E-state index contributed by atoms with van der Waals surface area (Å²) in [5, 5.41) is 2.92. The molecular weight excluding hydrogens is 396 g/mol. The van der Waals surface area contributed by atoms with E-state index >= 15 is 0 Å². The number of nitrogens with one attached hydrogen (secondary N) is 2. The molecule has 2 N–H and O–H groups in total. The summed E-state index contributed by atoms with van der Waals surface area (Å²) in [5.41, 5.74) is 0. The van der Waals surface area contributed by atoms with E-state index in [1.54, 1.807) is 11.9 Å². The molecule has 3 heterocycles. The lowest BCUT2D eigenvalue weighted by molar-refractivity contribution is -0.139. The summed E-state index contributed by atoms with van der Waals surface area (Å²) in [6.07, 6.45) is 4.41. The Morgan fingerprint density at radius 2 is 2.19 bits per heavy atom. The molecule has 3 rings (SSSR count). The minimum absolute atomic E-state index is 0. The van der Waals surface area contributed by atoms with Gasteiger partial charge in [0.1, 0.15) is 0 Å². The molecule has 0 radical (unpaired) electrons. The SMILES string of the molecule is Cl.Cn1cnc(S(=O)(=O)NCC(=O)N2CCCC(N3CCNCC3=O)C2)c1. The molecule has 0 spiro atoms. The van der Waals surface area contributed by atoms with Crippen LogP contribution in [0.15, 0.2) is 17.6 Å². The van der Waals surface area contributed by atoms with E-state index in [1.165, 1.54) is 17.1 Å². The smallest absolute Gasteiger partial charge is 0.260 e. The highest BCUT2D eigenvalue weighted by atomic mass is 35.5. The predicted molar refractivity (Wildman–Crippen MR) is 99.8 cm³/mol. The molecule has 2 aliphatic heterocycles. The fourth-order valence-electron chi connectivity index (χ4n) is 3.31. The molecule has 1 aromatic heterocycles. The van der Waals surface area contributed by atoms with Gasteiger partial charge in [0.05, 0.1) is 19.4 Å². The number of amides is 2. The van der Waals surface area contributed by atoms with Crippen molar-refractivity contribution in [1.82, 2.24) is 29.4 Å². The Morgan fingerprint density at radius 3 is 2.85 bits per heavy atom. The van der Waals surface area contributed by atoms with E-state index in [1.807, 2.05) is 4.90 Å². The van der Waals surface area contributed by atoms with Gasteiger partial charge >= 0.3 is 0 Å². The van der Waals surface area contributed by atoms with Crippen LogP contribution in [-0.2, 0) is 26.7 Å². The number of hydrogen-bond acceptors (Lipinski definition) is 6. The highest BCUT2D eigenvalue weighted by molar-refractivity contribution is 7.89. The van der Waals surface area contributed by atoms with Crippen LogP contribution in [0.3, 0.4) is 0 Å². The molecule has 10 nitrogen and oxygen atoms in total. The Morgan fingerprint density at radius 1 is 1.41 bits per heavy atom. The summed E-state index contributed by atoms with van der Waals surface area (Å²) in [6, 6.07) is -0.00491. The molecular formula is C15H25ClN6O4S. The molecule has 0 aliphatic carbocycles. The van der Waals surface area contributed by atoms with Crippen molar-refractivity contribution in [1.29, 1.82) is 0 Å². The fourth-order valence-corrected chi connectivity index (χ4v) is 4.27. The summed E-state index contributed by atoms with van der Waals surface area (Å²) < 4.78 is 28.2. The number of piperazine rings is 1. The normalized spacial score (nSPS) is 21.1. The molecule has 1 aromatic rings. The van der Waals surface area contributed by atoms with Crippen molar-refractivity contribution >= 4 is 34.2 Å². The van der Waals surface area contributed by atoms with Crippen LogP contribution in [0.4, 0.5) is 0 Å². The van der Waals surface area contributed by atoms with E-state index in [9.17, 15) is 18.0 Å². The van der Waals surface area contributed by atoms with Crippen LogP contribution in [0.25, 0.3) is 0 Å². The van der Waals surface area contributed by atoms with Crippen molar-refractivity contribution in [3.8, 4) is 0 Å². The summed E-state index contributed by atoms with van der Waals surface area (Å²) in [5.74, 6) is -0.247. The van der Waals surface area contributed by atoms with Crippen LogP contribution >= 0.6 is 12.4 Å². The van der Waals surface area contributed by atoms with Crippen LogP contribution in [-0.4, -0.2) is 84.9 Å². The van der Waals surface area contributed by atoms with Crippen LogP contribution in [0.2, 0.25) is 0 Å². The van der Waals surface area contributed by atoms with Crippen LogP contribution in [0.5, 0.6) is 0 Å². The van der Waals surface area contributed by atoms with Crippen LogP contribution in [0, 0.1) is 0 Å². The van der Waals surface area contributed by atoms with E-state index in [4.69, 9.17) is 0 Å². The number of imidazole rings is 1. The molecule has 1 unspecified atom stereocenters. The van der Waals surface area contributed by atoms with Gasteiger partial charge in [-0.25, -0.2) is 18.1 Å². The highest BCUT2D eigenvalue weighted by Gasteiger charge is 2.32. The fraction of sp³-hybridized carbons (Fsp3) is 0.667. The van der Waals surface area contributed by atoms with Crippen molar-refractivity contribution < 1.29 is 18.0 Å². The molecule has 2 aliphatic rings. The molecule has 2 amide bonds. The Labute approximate surface area is 164 Å². The van der Waals surface area contributed by atoms with Gasteiger partial charge in [0, 0.05) is 45.5 Å². The van der Waals surface area contributed by atoms with Crippen LogP contribution in [0.1, 0.15) is 12.8 Å². The van der Waals surface area contributed by atoms with Crippen molar-refractivity contribution in [3.63, 3.8) is 0 Å². The maximum atomic E-state index is 12.4. The van der Waals surface area contributed by atoms with E-state index in [-0.39, 0.29) is 41.8 Å². The predicted octanol–water partition coefficient (Wildman–Crippen LogP) is -1.46. The molecule has 0 aromatic carbocycles. The quantitative estimate of drug-likeness (QED) is 0.601. The summed E-state index contributed by atoms with van der Waals surface area (Å²) in [7, 11) is -2.15. The standard InChI is InChI=1S/C15H24N6O4S.ClH/c1-19-10-13(17-11-19)26(24,25)18-8-14(22)20-5-2-3-12(9-20)21-6-4-16-7-15(21)23;/h10-12,16,18H,2-9H2,1H3;1H. The number of halogens is 1. The number of aromatic nitrogens is 2. The Kier molecular flexibility index (Phi) is 7.20. The molecule has 12 heteroatoms. The molecule has 1 atom stereocenters. The second-order valence-corrected chi connectivity index (χ2v) is 8.32. The van der Waals surface area contributed by atoms with Crippen molar-refractivity contribution in [2.75, 3.05) is 39.3 Å². The average Bonchev–Trinajstić information content (AvgIpc) is 3.08. The molecule has 27 heavy (non-hydrogen) atoms. The molecule has 2 fully saturated rings. The van der Waals surface area contributed by atoms with Gasteiger partial charge in [-0.05, 0) is 12.8 Å². The summed E-state index contributed by atoms with van der Waals surface area (Å²) in [4.78, 5) is 31.7. The zero-order valence-electron chi connectivity index (χ0n) is 15.1. The number of carbonyl (C=O) groups excluding carboxylic acids is 2. The first-order chi connectivity index (χ1) is 12.4. The van der Waals surface area contributed by atoms with Gasteiger partial charge in [0.25, 0.3) is 10.0 Å². The maximum Gasteiger partial charge on any atom is 0.260 e. The number of carbonyl (C=O) groups is 2. The second-order valence-electron chi connectivity index (χ2n) is 6.60. The number of likely N-dealkylation sites (tertiary alicyclic amines) is 1. The number of nitrogens with zero attached hydrogens (tertiary/aromatic N) is 4. The van der Waals surface area contributed by atoms with Gasteiger partial charge in [-0.2, -0.15) is 0 Å². The number of aryl methyl sites for hydroxylation is 1. The number of rotatable bonds is 5. The molecule has 0 saturated carbocycles. The zero-order chi connectivity index (χ0) is 18.7. The third-order valence-electron chi connectivity index (χ3n) is 4.69. The largest absolute Gasteiger partial charge is 0.339 e. The Hall–Kier alpha value is -1.69. The van der Waals surface area contributed by atoms with Crippen molar-refractivity contribution in [3.05, 3.63) is 12.5 Å². The summed E-state index contributed by atoms with van der Waals surface area (Å²) >= 11 is 0. The van der Waals surface area contributed by atoms with E-state index < -0.39 is 10.0 Å². The van der Waals surface area contributed by atoms with Gasteiger partial charge in [-0.15, -0.1) is 12.4 Å². The molecule has 152 valence electrons. The monoisotopic (exact) mass is 420 g/mol. The van der Waals surface area contributed by atoms with E-state index in [2.05, 4.69) is 15.0 Å². The highest BCUT2D eigenvalue weighted by Crippen LogP contribution is 2.17. The first-order valence-corrected chi connectivity index (χ1v) is 10.1. The number of sulfonamides is 1. The second kappa shape index (κ2) is 9.00. The first kappa shape index (κ1) is 21.6. The molecule has 2 saturated heterocycles. The first-order valence-electron chi connectivity index (χ1n) is 8.62. The topological polar surface area (TPSA) is 117 Å². The van der Waals surface area contributed by atoms with Crippen LogP contribution < -0.4 is 10.0 Å². The van der Waals surface area contributed by atoms with E-state index in [0.717, 1.165) is 19.4 Å². The van der Waals surface area contributed by atoms with Gasteiger partial charge in [0.2, 0.25) is 11.8 Å². The molecule has 0 bridgehead atoms. The van der Waals surface area contributed by atoms with Gasteiger partial charge in [-0.3, -0.25) is 9.59 Å². The average molecular weight is 421 g/mol. The lowest BCUT2D eigenvalue weighted by Crippen LogP contribution is -2.58. The third kappa shape index (κ3) is 5.18. The summed E-state index contributed by atoms with van der Waals surface area (Å²) in [6.45, 7) is 2.41. The number of piperidine rings is 1. The van der Waals surface area contributed by atoms with Gasteiger partial charge in [-0.1, -0.05) is 0 Å². The van der Waals surface area contributed by atoms with E-state index in [0.29, 0.717) is 26.2 Å². The number of hydrogen-bond donors (Lipinski definition) is 2.